The number of hydrogen-bond donors (Lipinski definition) is 1. The second-order valence-electron chi connectivity index (χ2n) is 4.66. The van der Waals surface area contributed by atoms with Crippen LogP contribution >= 0.6 is 0 Å². The SMILES string of the molecule is CCNC(Cc1ccco1)C1(C)CCCO1. The van der Waals surface area contributed by atoms with Gasteiger partial charge in [-0.1, -0.05) is 6.92 Å². The van der Waals surface area contributed by atoms with Gasteiger partial charge in [-0.2, -0.15) is 0 Å². The zero-order valence-electron chi connectivity index (χ0n) is 10.2. The molecular weight excluding hydrogens is 202 g/mol. The quantitative estimate of drug-likeness (QED) is 0.832. The number of ether oxygens (including phenoxy) is 1. The topological polar surface area (TPSA) is 34.4 Å². The zero-order chi connectivity index (χ0) is 11.4. The monoisotopic (exact) mass is 223 g/mol. The first-order valence-corrected chi connectivity index (χ1v) is 6.14. The van der Waals surface area contributed by atoms with Crippen molar-refractivity contribution in [3.8, 4) is 0 Å². The first-order chi connectivity index (χ1) is 7.74. The molecule has 2 rings (SSSR count). The van der Waals surface area contributed by atoms with Gasteiger partial charge in [0.25, 0.3) is 0 Å². The van der Waals surface area contributed by atoms with E-state index >= 15 is 0 Å². The fraction of sp³-hybridized carbons (Fsp3) is 0.692. The van der Waals surface area contributed by atoms with Crippen LogP contribution in [0.15, 0.2) is 22.8 Å². The normalized spacial score (nSPS) is 27.1. The maximum absolute atomic E-state index is 5.90. The van der Waals surface area contributed by atoms with Crippen LogP contribution in [-0.4, -0.2) is 24.8 Å². The summed E-state index contributed by atoms with van der Waals surface area (Å²) in [4.78, 5) is 0. The van der Waals surface area contributed by atoms with Crippen molar-refractivity contribution in [1.82, 2.24) is 5.32 Å². The van der Waals surface area contributed by atoms with Crippen LogP contribution in [0.2, 0.25) is 0 Å². The lowest BCUT2D eigenvalue weighted by atomic mass is 9.90. The third kappa shape index (κ3) is 2.47. The van der Waals surface area contributed by atoms with Gasteiger partial charge in [-0.15, -0.1) is 0 Å². The van der Waals surface area contributed by atoms with Gasteiger partial charge in [-0.25, -0.2) is 0 Å². The van der Waals surface area contributed by atoms with Gasteiger partial charge in [0.2, 0.25) is 0 Å². The summed E-state index contributed by atoms with van der Waals surface area (Å²) in [7, 11) is 0. The Hall–Kier alpha value is -0.800. The van der Waals surface area contributed by atoms with Crippen molar-refractivity contribution in [2.75, 3.05) is 13.2 Å². The smallest absolute Gasteiger partial charge is 0.105 e. The standard InChI is InChI=1S/C13H21NO2/c1-3-14-12(10-11-6-4-8-15-11)13(2)7-5-9-16-13/h4,6,8,12,14H,3,5,7,9-10H2,1-2H3. The molecule has 0 radical (unpaired) electrons. The molecule has 0 aliphatic carbocycles. The van der Waals surface area contributed by atoms with E-state index in [0.717, 1.165) is 38.2 Å². The molecule has 1 aromatic heterocycles. The highest BCUT2D eigenvalue weighted by Gasteiger charge is 2.38. The maximum Gasteiger partial charge on any atom is 0.105 e. The van der Waals surface area contributed by atoms with Crippen LogP contribution < -0.4 is 5.32 Å². The highest BCUT2D eigenvalue weighted by Crippen LogP contribution is 2.30. The molecule has 90 valence electrons. The Labute approximate surface area is 97.2 Å². The van der Waals surface area contributed by atoms with Crippen LogP contribution in [0.5, 0.6) is 0 Å². The highest BCUT2D eigenvalue weighted by molar-refractivity contribution is 5.05. The van der Waals surface area contributed by atoms with Gasteiger partial charge in [-0.3, -0.25) is 0 Å². The van der Waals surface area contributed by atoms with Gasteiger partial charge in [0.15, 0.2) is 0 Å². The summed E-state index contributed by atoms with van der Waals surface area (Å²) in [6, 6.07) is 4.31. The molecule has 0 saturated carbocycles. The fourth-order valence-electron chi connectivity index (χ4n) is 2.46. The zero-order valence-corrected chi connectivity index (χ0v) is 10.2. The van der Waals surface area contributed by atoms with E-state index in [9.17, 15) is 0 Å². The fourth-order valence-corrected chi connectivity index (χ4v) is 2.46. The minimum Gasteiger partial charge on any atom is -0.469 e. The van der Waals surface area contributed by atoms with Crippen molar-refractivity contribution < 1.29 is 9.15 Å². The number of furan rings is 1. The summed E-state index contributed by atoms with van der Waals surface area (Å²) in [5.41, 5.74) is -0.0389. The Morgan fingerprint density at radius 2 is 2.44 bits per heavy atom. The predicted molar refractivity (Wildman–Crippen MR) is 63.5 cm³/mol. The van der Waals surface area contributed by atoms with E-state index in [1.165, 1.54) is 0 Å². The Kier molecular flexibility index (Phi) is 3.66. The van der Waals surface area contributed by atoms with Crippen LogP contribution in [0.25, 0.3) is 0 Å². The van der Waals surface area contributed by atoms with Crippen LogP contribution in [0.1, 0.15) is 32.4 Å². The molecule has 2 unspecified atom stereocenters. The molecule has 1 N–H and O–H groups in total. The second-order valence-corrected chi connectivity index (χ2v) is 4.66. The van der Waals surface area contributed by atoms with Crippen LogP contribution in [-0.2, 0) is 11.2 Å². The molecule has 16 heavy (non-hydrogen) atoms. The summed E-state index contributed by atoms with van der Waals surface area (Å²) in [5, 5.41) is 3.52. The van der Waals surface area contributed by atoms with E-state index in [-0.39, 0.29) is 5.60 Å². The minimum absolute atomic E-state index is 0.0389. The molecule has 3 heteroatoms. The van der Waals surface area contributed by atoms with Crippen molar-refractivity contribution >= 4 is 0 Å². The van der Waals surface area contributed by atoms with Gasteiger partial charge < -0.3 is 14.5 Å². The first kappa shape index (κ1) is 11.7. The maximum atomic E-state index is 5.90. The van der Waals surface area contributed by atoms with Crippen molar-refractivity contribution in [2.24, 2.45) is 0 Å². The molecule has 1 aromatic rings. The largest absolute Gasteiger partial charge is 0.469 e. The molecule has 1 aliphatic rings. The molecule has 3 nitrogen and oxygen atoms in total. The summed E-state index contributed by atoms with van der Waals surface area (Å²) in [6.07, 6.45) is 4.93. The van der Waals surface area contributed by atoms with Crippen molar-refractivity contribution in [1.29, 1.82) is 0 Å². The van der Waals surface area contributed by atoms with Gasteiger partial charge in [0.1, 0.15) is 5.76 Å². The van der Waals surface area contributed by atoms with E-state index in [1.54, 1.807) is 6.26 Å². The molecule has 0 spiro atoms. The Balaban J connectivity index is 2.04. The number of rotatable bonds is 5. The van der Waals surface area contributed by atoms with Gasteiger partial charge >= 0.3 is 0 Å². The number of nitrogens with one attached hydrogen (secondary N) is 1. The number of hydrogen-bond acceptors (Lipinski definition) is 3. The van der Waals surface area contributed by atoms with Crippen LogP contribution in [0.4, 0.5) is 0 Å². The Bertz CT molecular complexity index is 302. The summed E-state index contributed by atoms with van der Waals surface area (Å²) in [5.74, 6) is 1.03. The lowest BCUT2D eigenvalue weighted by Gasteiger charge is -2.33. The third-order valence-electron chi connectivity index (χ3n) is 3.42. The molecule has 1 fully saturated rings. The molecule has 0 amide bonds. The van der Waals surface area contributed by atoms with E-state index in [4.69, 9.17) is 9.15 Å². The van der Waals surface area contributed by atoms with E-state index < -0.39 is 0 Å². The van der Waals surface area contributed by atoms with Gasteiger partial charge in [0.05, 0.1) is 11.9 Å². The molecule has 1 saturated heterocycles. The van der Waals surface area contributed by atoms with Crippen molar-refractivity contribution in [3.05, 3.63) is 24.2 Å². The van der Waals surface area contributed by atoms with E-state index in [1.807, 2.05) is 12.1 Å². The summed E-state index contributed by atoms with van der Waals surface area (Å²) in [6.45, 7) is 6.19. The molecule has 0 aromatic carbocycles. The Morgan fingerprint density at radius 1 is 1.56 bits per heavy atom. The van der Waals surface area contributed by atoms with Crippen LogP contribution in [0.3, 0.4) is 0 Å². The number of likely N-dealkylation sites (N-methyl/N-ethyl adjacent to an activating group) is 1. The molecular formula is C13H21NO2. The Morgan fingerprint density at radius 3 is 3.00 bits per heavy atom. The average Bonchev–Trinajstić information content (AvgIpc) is 2.89. The van der Waals surface area contributed by atoms with Crippen molar-refractivity contribution in [2.45, 2.75) is 44.8 Å². The third-order valence-corrected chi connectivity index (χ3v) is 3.42. The van der Waals surface area contributed by atoms with E-state index in [2.05, 4.69) is 19.2 Å². The summed E-state index contributed by atoms with van der Waals surface area (Å²) >= 11 is 0. The van der Waals surface area contributed by atoms with Crippen molar-refractivity contribution in [3.63, 3.8) is 0 Å². The van der Waals surface area contributed by atoms with Gasteiger partial charge in [0, 0.05) is 19.1 Å². The minimum atomic E-state index is -0.0389. The van der Waals surface area contributed by atoms with E-state index in [0.29, 0.717) is 6.04 Å². The highest BCUT2D eigenvalue weighted by atomic mass is 16.5. The first-order valence-electron chi connectivity index (χ1n) is 6.14. The predicted octanol–water partition coefficient (Wildman–Crippen LogP) is 2.37. The molecule has 2 heterocycles. The van der Waals surface area contributed by atoms with Gasteiger partial charge in [-0.05, 0) is 38.4 Å². The second kappa shape index (κ2) is 5.02. The summed E-state index contributed by atoms with van der Waals surface area (Å²) < 4.78 is 11.3. The van der Waals surface area contributed by atoms with Crippen LogP contribution in [0, 0.1) is 0 Å². The molecule has 0 bridgehead atoms. The lowest BCUT2D eigenvalue weighted by molar-refractivity contribution is -0.0122. The molecule has 2 atom stereocenters. The lowest BCUT2D eigenvalue weighted by Crippen LogP contribution is -2.49. The molecule has 1 aliphatic heterocycles. The average molecular weight is 223 g/mol.